The molecule has 1 aromatic carbocycles. The number of para-hydroxylation sites is 1. The minimum absolute atomic E-state index is 0.296. The van der Waals surface area contributed by atoms with Crippen LogP contribution in [0.15, 0.2) is 30.3 Å². The summed E-state index contributed by atoms with van der Waals surface area (Å²) in [5.41, 5.74) is 3.09. The topological polar surface area (TPSA) is 40.5 Å². The van der Waals surface area contributed by atoms with Crippen LogP contribution < -0.4 is 4.90 Å². The number of fused-ring (bicyclic) bond motifs is 1. The number of hydrogen-bond donors (Lipinski definition) is 1. The van der Waals surface area contributed by atoms with Crippen molar-refractivity contribution in [2.24, 2.45) is 0 Å². The number of carboxylic acid groups (broad SMARTS) is 1. The fourth-order valence-corrected chi connectivity index (χ4v) is 3.33. The molecule has 0 aromatic heterocycles. The molecule has 0 amide bonds. The third-order valence-corrected chi connectivity index (χ3v) is 4.21. The monoisotopic (exact) mass is 287 g/mol. The molecular weight excluding hydrogens is 262 g/mol. The predicted octanol–water partition coefficient (Wildman–Crippen LogP) is 4.33. The van der Waals surface area contributed by atoms with Crippen molar-refractivity contribution in [1.29, 1.82) is 0 Å². The summed E-state index contributed by atoms with van der Waals surface area (Å²) in [4.78, 5) is 13.9. The fraction of sp³-hybridized carbons (Fsp3) is 0.500. The van der Waals surface area contributed by atoms with Crippen molar-refractivity contribution in [3.05, 3.63) is 35.9 Å². The van der Waals surface area contributed by atoms with Crippen LogP contribution in [-0.2, 0) is 4.79 Å². The zero-order chi connectivity index (χ0) is 15.6. The number of carbonyl (C=O) groups is 1. The average molecular weight is 287 g/mol. The first-order chi connectivity index (χ1) is 9.88. The Hall–Kier alpha value is -1.77. The number of unbranched alkanes of at least 4 members (excludes halogenated alkanes) is 1. The predicted molar refractivity (Wildman–Crippen MR) is 87.6 cm³/mol. The van der Waals surface area contributed by atoms with Crippen molar-refractivity contribution in [2.45, 2.75) is 58.5 Å². The van der Waals surface area contributed by atoms with Crippen LogP contribution in [-0.4, -0.2) is 22.7 Å². The Kier molecular flexibility index (Phi) is 4.40. The van der Waals surface area contributed by atoms with Crippen LogP contribution in [0, 0.1) is 0 Å². The summed E-state index contributed by atoms with van der Waals surface area (Å²) >= 11 is 0. The summed E-state index contributed by atoms with van der Waals surface area (Å²) in [7, 11) is 0. The highest BCUT2D eigenvalue weighted by Crippen LogP contribution is 2.40. The Bertz CT molecular complexity index is 560. The van der Waals surface area contributed by atoms with Crippen LogP contribution in [0.2, 0.25) is 0 Å². The van der Waals surface area contributed by atoms with E-state index in [9.17, 15) is 9.90 Å². The van der Waals surface area contributed by atoms with Crippen molar-refractivity contribution < 1.29 is 9.90 Å². The molecule has 3 nitrogen and oxygen atoms in total. The van der Waals surface area contributed by atoms with E-state index in [4.69, 9.17) is 0 Å². The molecule has 114 valence electrons. The van der Waals surface area contributed by atoms with E-state index >= 15 is 0 Å². The van der Waals surface area contributed by atoms with Crippen molar-refractivity contribution in [3.63, 3.8) is 0 Å². The first-order valence-corrected chi connectivity index (χ1v) is 7.69. The summed E-state index contributed by atoms with van der Waals surface area (Å²) < 4.78 is 0. The minimum Gasteiger partial charge on any atom is -0.480 e. The first-order valence-electron chi connectivity index (χ1n) is 7.69. The third kappa shape index (κ3) is 2.97. The third-order valence-electron chi connectivity index (χ3n) is 4.21. The van der Waals surface area contributed by atoms with Crippen LogP contribution in [0.25, 0.3) is 5.57 Å². The SMILES string of the molecule is CCCCC(C(=O)O)N1c2ccccc2C(C)=CC1(C)C. The summed E-state index contributed by atoms with van der Waals surface area (Å²) in [6.45, 7) is 8.38. The van der Waals surface area contributed by atoms with Crippen molar-refractivity contribution in [2.75, 3.05) is 4.90 Å². The highest BCUT2D eigenvalue weighted by Gasteiger charge is 2.38. The Morgan fingerprint density at radius 2 is 2.00 bits per heavy atom. The minimum atomic E-state index is -0.737. The second-order valence-corrected chi connectivity index (χ2v) is 6.36. The molecule has 0 spiro atoms. The number of anilines is 1. The molecule has 0 saturated heterocycles. The highest BCUT2D eigenvalue weighted by molar-refractivity contribution is 5.86. The van der Waals surface area contributed by atoms with Gasteiger partial charge < -0.3 is 10.0 Å². The van der Waals surface area contributed by atoms with E-state index in [1.165, 1.54) is 5.57 Å². The van der Waals surface area contributed by atoms with Gasteiger partial charge in [0, 0.05) is 11.3 Å². The first kappa shape index (κ1) is 15.6. The molecule has 3 heteroatoms. The van der Waals surface area contributed by atoms with Crippen LogP contribution >= 0.6 is 0 Å². The number of hydrogen-bond acceptors (Lipinski definition) is 2. The smallest absolute Gasteiger partial charge is 0.326 e. The molecule has 1 heterocycles. The number of benzene rings is 1. The van der Waals surface area contributed by atoms with E-state index in [-0.39, 0.29) is 5.54 Å². The van der Waals surface area contributed by atoms with E-state index in [0.717, 1.165) is 24.1 Å². The normalized spacial score (nSPS) is 17.9. The average Bonchev–Trinajstić information content (AvgIpc) is 2.41. The van der Waals surface area contributed by atoms with Gasteiger partial charge in [-0.1, -0.05) is 44.0 Å². The van der Waals surface area contributed by atoms with Gasteiger partial charge in [0.1, 0.15) is 6.04 Å². The molecule has 0 fully saturated rings. The maximum absolute atomic E-state index is 11.8. The largest absolute Gasteiger partial charge is 0.480 e. The van der Waals surface area contributed by atoms with Gasteiger partial charge in [-0.05, 0) is 38.8 Å². The van der Waals surface area contributed by atoms with Gasteiger partial charge in [0.15, 0.2) is 0 Å². The standard InChI is InChI=1S/C18H25NO2/c1-5-6-10-16(17(20)21)19-15-11-8-7-9-14(15)13(2)12-18(19,3)4/h7-9,11-12,16H,5-6,10H2,1-4H3,(H,20,21). The van der Waals surface area contributed by atoms with Gasteiger partial charge in [-0.25, -0.2) is 4.79 Å². The van der Waals surface area contributed by atoms with Gasteiger partial charge >= 0.3 is 5.97 Å². The van der Waals surface area contributed by atoms with Crippen LogP contribution in [0.1, 0.15) is 52.5 Å². The maximum atomic E-state index is 11.8. The molecule has 1 N–H and O–H groups in total. The Labute approximate surface area is 127 Å². The molecule has 21 heavy (non-hydrogen) atoms. The molecular formula is C18H25NO2. The van der Waals surface area contributed by atoms with Crippen molar-refractivity contribution >= 4 is 17.2 Å². The summed E-state index contributed by atoms with van der Waals surface area (Å²) in [5.74, 6) is -0.737. The molecule has 1 aromatic rings. The van der Waals surface area contributed by atoms with Gasteiger partial charge in [-0.2, -0.15) is 0 Å². The molecule has 2 rings (SSSR count). The van der Waals surface area contributed by atoms with E-state index in [2.05, 4.69) is 44.7 Å². The number of carboxylic acids is 1. The van der Waals surface area contributed by atoms with Crippen LogP contribution in [0.4, 0.5) is 5.69 Å². The number of rotatable bonds is 5. The summed E-state index contributed by atoms with van der Waals surface area (Å²) in [6.07, 6.45) is 4.79. The number of nitrogens with zero attached hydrogens (tertiary/aromatic N) is 1. The zero-order valence-electron chi connectivity index (χ0n) is 13.4. The van der Waals surface area contributed by atoms with Gasteiger partial charge in [0.05, 0.1) is 5.54 Å². The van der Waals surface area contributed by atoms with Gasteiger partial charge in [-0.3, -0.25) is 0 Å². The lowest BCUT2D eigenvalue weighted by molar-refractivity contribution is -0.139. The summed E-state index contributed by atoms with van der Waals surface area (Å²) in [6, 6.07) is 7.62. The molecule has 1 aliphatic heterocycles. The molecule has 0 saturated carbocycles. The van der Waals surface area contributed by atoms with E-state index < -0.39 is 12.0 Å². The quantitative estimate of drug-likeness (QED) is 0.876. The van der Waals surface area contributed by atoms with Crippen LogP contribution in [0.5, 0.6) is 0 Å². The number of allylic oxidation sites excluding steroid dienone is 1. The van der Waals surface area contributed by atoms with Crippen LogP contribution in [0.3, 0.4) is 0 Å². The lowest BCUT2D eigenvalue weighted by Gasteiger charge is -2.46. The Balaban J connectivity index is 2.51. The van der Waals surface area contributed by atoms with Gasteiger partial charge in [-0.15, -0.1) is 0 Å². The zero-order valence-corrected chi connectivity index (χ0v) is 13.4. The van der Waals surface area contributed by atoms with Gasteiger partial charge in [0.2, 0.25) is 0 Å². The Morgan fingerprint density at radius 1 is 1.33 bits per heavy atom. The van der Waals surface area contributed by atoms with E-state index in [1.807, 2.05) is 18.2 Å². The highest BCUT2D eigenvalue weighted by atomic mass is 16.4. The fourth-order valence-electron chi connectivity index (χ4n) is 3.33. The van der Waals surface area contributed by atoms with Crippen molar-refractivity contribution in [3.8, 4) is 0 Å². The van der Waals surface area contributed by atoms with Gasteiger partial charge in [0.25, 0.3) is 0 Å². The van der Waals surface area contributed by atoms with E-state index in [1.54, 1.807) is 0 Å². The second kappa shape index (κ2) is 5.92. The summed E-state index contributed by atoms with van der Waals surface area (Å²) in [5, 5.41) is 9.71. The molecule has 0 aliphatic carbocycles. The van der Waals surface area contributed by atoms with Crippen molar-refractivity contribution in [1.82, 2.24) is 0 Å². The molecule has 1 atom stereocenters. The lowest BCUT2D eigenvalue weighted by Crippen LogP contribution is -2.54. The Morgan fingerprint density at radius 3 is 2.62 bits per heavy atom. The number of aliphatic carboxylic acids is 1. The molecule has 0 radical (unpaired) electrons. The second-order valence-electron chi connectivity index (χ2n) is 6.36. The van der Waals surface area contributed by atoms with E-state index in [0.29, 0.717) is 6.42 Å². The maximum Gasteiger partial charge on any atom is 0.326 e. The molecule has 1 aliphatic rings. The molecule has 0 bridgehead atoms. The lowest BCUT2D eigenvalue weighted by atomic mass is 9.86. The molecule has 1 unspecified atom stereocenters.